The topological polar surface area (TPSA) is 111 Å². The zero-order valence-electron chi connectivity index (χ0n) is 13.9. The average molecular weight is 358 g/mol. The van der Waals surface area contributed by atoms with Gasteiger partial charge < -0.3 is 14.8 Å². The molecule has 0 aromatic heterocycles. The summed E-state index contributed by atoms with van der Waals surface area (Å²) in [5.74, 6) is -0.747. The van der Waals surface area contributed by atoms with Crippen molar-refractivity contribution in [2.45, 2.75) is 31.7 Å². The van der Waals surface area contributed by atoms with Crippen LogP contribution in [0.25, 0.3) is 0 Å². The van der Waals surface area contributed by atoms with Crippen LogP contribution in [0, 0.1) is 0 Å². The molecule has 1 aromatic carbocycles. The van der Waals surface area contributed by atoms with Gasteiger partial charge >= 0.3 is 5.97 Å². The van der Waals surface area contributed by atoms with Crippen LogP contribution in [0.3, 0.4) is 0 Å². The fourth-order valence-electron chi connectivity index (χ4n) is 1.68. The van der Waals surface area contributed by atoms with Crippen molar-refractivity contribution in [3.63, 3.8) is 0 Å². The van der Waals surface area contributed by atoms with Crippen molar-refractivity contribution in [2.75, 3.05) is 19.8 Å². The van der Waals surface area contributed by atoms with Gasteiger partial charge in [0, 0.05) is 6.04 Å². The molecule has 1 aromatic rings. The Morgan fingerprint density at radius 1 is 1.17 bits per heavy atom. The van der Waals surface area contributed by atoms with E-state index in [1.807, 2.05) is 6.92 Å². The number of benzene rings is 1. The van der Waals surface area contributed by atoms with Crippen molar-refractivity contribution >= 4 is 21.9 Å². The van der Waals surface area contributed by atoms with E-state index in [-0.39, 0.29) is 10.9 Å². The molecule has 0 bridgehead atoms. The fraction of sp³-hybridized carbons (Fsp3) is 0.467. The predicted octanol–water partition coefficient (Wildman–Crippen LogP) is 0.431. The van der Waals surface area contributed by atoms with Gasteiger partial charge in [-0.15, -0.1) is 0 Å². The molecule has 2 N–H and O–H groups in total. The number of esters is 1. The van der Waals surface area contributed by atoms with Crippen LogP contribution in [0.2, 0.25) is 0 Å². The lowest BCUT2D eigenvalue weighted by molar-refractivity contribution is -0.147. The molecule has 0 fully saturated rings. The third-order valence-electron chi connectivity index (χ3n) is 2.67. The first-order chi connectivity index (χ1) is 11.2. The van der Waals surface area contributed by atoms with Crippen LogP contribution in [0.1, 0.15) is 20.8 Å². The van der Waals surface area contributed by atoms with Gasteiger partial charge in [0.2, 0.25) is 10.0 Å². The second-order valence-electron chi connectivity index (χ2n) is 5.11. The summed E-state index contributed by atoms with van der Waals surface area (Å²) in [7, 11) is -3.85. The lowest BCUT2D eigenvalue weighted by Gasteiger charge is -2.10. The van der Waals surface area contributed by atoms with E-state index in [0.717, 1.165) is 0 Å². The van der Waals surface area contributed by atoms with E-state index in [2.05, 4.69) is 14.8 Å². The number of carbonyl (C=O) groups is 2. The molecule has 134 valence electrons. The average Bonchev–Trinajstić information content (AvgIpc) is 2.51. The van der Waals surface area contributed by atoms with E-state index in [9.17, 15) is 18.0 Å². The van der Waals surface area contributed by atoms with Crippen LogP contribution in [0.15, 0.2) is 29.2 Å². The monoisotopic (exact) mass is 358 g/mol. The quantitative estimate of drug-likeness (QED) is 0.620. The van der Waals surface area contributed by atoms with Crippen molar-refractivity contribution in [3.8, 4) is 5.75 Å². The minimum absolute atomic E-state index is 0.00342. The molecule has 0 radical (unpaired) electrons. The molecule has 0 heterocycles. The zero-order chi connectivity index (χ0) is 18.2. The van der Waals surface area contributed by atoms with Crippen LogP contribution < -0.4 is 14.8 Å². The summed E-state index contributed by atoms with van der Waals surface area (Å²) in [6.45, 7) is 4.81. The van der Waals surface area contributed by atoms with Gasteiger partial charge in [0.25, 0.3) is 5.91 Å². The highest BCUT2D eigenvalue weighted by Gasteiger charge is 2.17. The number of carbonyl (C=O) groups excluding carboxylic acids is 2. The maximum Gasteiger partial charge on any atom is 0.321 e. The third kappa shape index (κ3) is 6.97. The number of nitrogens with one attached hydrogen (secondary N) is 2. The van der Waals surface area contributed by atoms with Gasteiger partial charge in [0.1, 0.15) is 12.3 Å². The van der Waals surface area contributed by atoms with Crippen LogP contribution in [-0.4, -0.2) is 46.1 Å². The Morgan fingerprint density at radius 3 is 2.33 bits per heavy atom. The molecular formula is C15H22N2O6S. The highest BCUT2D eigenvalue weighted by Crippen LogP contribution is 2.15. The molecule has 8 nitrogen and oxygen atoms in total. The van der Waals surface area contributed by atoms with Crippen molar-refractivity contribution in [3.05, 3.63) is 24.3 Å². The van der Waals surface area contributed by atoms with Crippen LogP contribution in [0.4, 0.5) is 0 Å². The Kier molecular flexibility index (Phi) is 7.66. The third-order valence-corrected chi connectivity index (χ3v) is 4.08. The number of sulfonamides is 1. The first-order valence-corrected chi connectivity index (χ1v) is 8.90. The Bertz CT molecular complexity index is 655. The molecule has 0 atom stereocenters. The Hall–Kier alpha value is -2.13. The van der Waals surface area contributed by atoms with E-state index in [1.165, 1.54) is 24.3 Å². The van der Waals surface area contributed by atoms with Crippen molar-refractivity contribution in [1.82, 2.24) is 10.0 Å². The normalized spacial score (nSPS) is 11.2. The minimum atomic E-state index is -3.85. The van der Waals surface area contributed by atoms with Gasteiger partial charge in [-0.05, 0) is 45.0 Å². The highest BCUT2D eigenvalue weighted by molar-refractivity contribution is 7.89. The van der Waals surface area contributed by atoms with E-state index in [4.69, 9.17) is 4.74 Å². The second-order valence-corrected chi connectivity index (χ2v) is 6.88. The SMILES string of the molecule is CCOc1ccc(S(=O)(=O)NCC(=O)OCC(=O)NC(C)C)cc1. The Morgan fingerprint density at radius 2 is 1.79 bits per heavy atom. The van der Waals surface area contributed by atoms with Crippen LogP contribution in [0.5, 0.6) is 5.75 Å². The Labute approximate surface area is 141 Å². The molecule has 9 heteroatoms. The molecule has 24 heavy (non-hydrogen) atoms. The first-order valence-electron chi connectivity index (χ1n) is 7.42. The van der Waals surface area contributed by atoms with Gasteiger partial charge in [-0.3, -0.25) is 9.59 Å². The summed E-state index contributed by atoms with van der Waals surface area (Å²) < 4.78 is 36.1. The van der Waals surface area contributed by atoms with E-state index < -0.39 is 35.1 Å². The molecule has 1 rings (SSSR count). The van der Waals surface area contributed by atoms with E-state index in [1.54, 1.807) is 13.8 Å². The molecular weight excluding hydrogens is 336 g/mol. The number of hydrogen-bond donors (Lipinski definition) is 2. The van der Waals surface area contributed by atoms with Gasteiger partial charge in [-0.25, -0.2) is 8.42 Å². The lowest BCUT2D eigenvalue weighted by Crippen LogP contribution is -2.36. The first kappa shape index (κ1) is 19.9. The molecule has 0 aliphatic heterocycles. The number of rotatable bonds is 9. The predicted molar refractivity (Wildman–Crippen MR) is 87.0 cm³/mol. The van der Waals surface area contributed by atoms with Crippen molar-refractivity contribution in [1.29, 1.82) is 0 Å². The lowest BCUT2D eigenvalue weighted by atomic mass is 10.3. The maximum absolute atomic E-state index is 12.1. The standard InChI is InChI=1S/C15H22N2O6S/c1-4-22-12-5-7-13(8-6-12)24(20,21)16-9-15(19)23-10-14(18)17-11(2)3/h5-8,11,16H,4,9-10H2,1-3H3,(H,17,18). The fourth-order valence-corrected chi connectivity index (χ4v) is 2.65. The number of ether oxygens (including phenoxy) is 2. The summed E-state index contributed by atoms with van der Waals surface area (Å²) in [6.07, 6.45) is 0. The summed E-state index contributed by atoms with van der Waals surface area (Å²) in [5.41, 5.74) is 0. The molecule has 0 saturated heterocycles. The molecule has 0 aliphatic carbocycles. The van der Waals surface area contributed by atoms with E-state index >= 15 is 0 Å². The van der Waals surface area contributed by atoms with Crippen molar-refractivity contribution in [2.24, 2.45) is 0 Å². The van der Waals surface area contributed by atoms with Gasteiger partial charge in [0.05, 0.1) is 11.5 Å². The Balaban J connectivity index is 2.49. The number of amides is 1. The second kappa shape index (κ2) is 9.24. The number of hydrogen-bond acceptors (Lipinski definition) is 6. The summed E-state index contributed by atoms with van der Waals surface area (Å²) >= 11 is 0. The maximum atomic E-state index is 12.1. The van der Waals surface area contributed by atoms with Crippen molar-refractivity contribution < 1.29 is 27.5 Å². The highest BCUT2D eigenvalue weighted by atomic mass is 32.2. The molecule has 0 unspecified atom stereocenters. The van der Waals surface area contributed by atoms with Crippen LogP contribution in [-0.2, 0) is 24.3 Å². The van der Waals surface area contributed by atoms with E-state index in [0.29, 0.717) is 12.4 Å². The summed E-state index contributed by atoms with van der Waals surface area (Å²) in [6, 6.07) is 5.71. The molecule has 1 amide bonds. The summed E-state index contributed by atoms with van der Waals surface area (Å²) in [5, 5.41) is 2.55. The van der Waals surface area contributed by atoms with Gasteiger partial charge in [0.15, 0.2) is 6.61 Å². The molecule has 0 spiro atoms. The largest absolute Gasteiger partial charge is 0.494 e. The molecule has 0 saturated carbocycles. The minimum Gasteiger partial charge on any atom is -0.494 e. The molecule has 0 aliphatic rings. The summed E-state index contributed by atoms with van der Waals surface area (Å²) in [4.78, 5) is 22.8. The van der Waals surface area contributed by atoms with Gasteiger partial charge in [-0.2, -0.15) is 4.72 Å². The smallest absolute Gasteiger partial charge is 0.321 e. The zero-order valence-corrected chi connectivity index (χ0v) is 14.7. The van der Waals surface area contributed by atoms with Gasteiger partial charge in [-0.1, -0.05) is 0 Å². The van der Waals surface area contributed by atoms with Crippen LogP contribution >= 0.6 is 0 Å².